The van der Waals surface area contributed by atoms with Crippen molar-refractivity contribution in [3.05, 3.63) is 51.2 Å². The van der Waals surface area contributed by atoms with Crippen molar-refractivity contribution in [3.63, 3.8) is 0 Å². The molecule has 1 aliphatic carbocycles. The number of halogens is 1. The molecule has 1 unspecified atom stereocenters. The largest absolute Gasteiger partial charge is 0.378 e. The van der Waals surface area contributed by atoms with Gasteiger partial charge in [0.05, 0.1) is 4.34 Å². The molecule has 1 aliphatic rings. The van der Waals surface area contributed by atoms with Gasteiger partial charge in [0.1, 0.15) is 0 Å². The second kappa shape index (κ2) is 6.08. The molecule has 1 amide bonds. The SMILES string of the molecule is CC(Nc1cccc(C(=O)NC2CC2)c1)c1csc(Cl)c1. The van der Waals surface area contributed by atoms with Crippen LogP contribution < -0.4 is 10.6 Å². The van der Waals surface area contributed by atoms with E-state index in [9.17, 15) is 4.79 Å². The van der Waals surface area contributed by atoms with E-state index in [0.717, 1.165) is 28.4 Å². The van der Waals surface area contributed by atoms with Gasteiger partial charge < -0.3 is 10.6 Å². The van der Waals surface area contributed by atoms with E-state index in [0.29, 0.717) is 11.6 Å². The van der Waals surface area contributed by atoms with Crippen LogP contribution in [-0.4, -0.2) is 11.9 Å². The van der Waals surface area contributed by atoms with Crippen LogP contribution in [0.25, 0.3) is 0 Å². The van der Waals surface area contributed by atoms with Crippen molar-refractivity contribution >= 4 is 34.5 Å². The van der Waals surface area contributed by atoms with E-state index in [1.165, 1.54) is 11.3 Å². The van der Waals surface area contributed by atoms with Crippen molar-refractivity contribution in [1.29, 1.82) is 0 Å². The number of amides is 1. The number of hydrogen-bond acceptors (Lipinski definition) is 3. The third-order valence-electron chi connectivity index (χ3n) is 3.51. The highest BCUT2D eigenvalue weighted by Gasteiger charge is 2.23. The highest BCUT2D eigenvalue weighted by Crippen LogP contribution is 2.27. The number of hydrogen-bond donors (Lipinski definition) is 2. The Balaban J connectivity index is 1.68. The second-order valence-corrected chi connectivity index (χ2v) is 6.92. The summed E-state index contributed by atoms with van der Waals surface area (Å²) in [5.74, 6) is 0.00683. The van der Waals surface area contributed by atoms with E-state index in [1.807, 2.05) is 35.7 Å². The van der Waals surface area contributed by atoms with Crippen LogP contribution in [0.4, 0.5) is 5.69 Å². The Bertz CT molecular complexity index is 651. The molecule has 21 heavy (non-hydrogen) atoms. The lowest BCUT2D eigenvalue weighted by Gasteiger charge is -2.15. The molecule has 0 spiro atoms. The number of carbonyl (C=O) groups excluding carboxylic acids is 1. The van der Waals surface area contributed by atoms with Crippen LogP contribution in [0.1, 0.15) is 41.7 Å². The number of rotatable bonds is 5. The molecule has 3 nitrogen and oxygen atoms in total. The molecule has 110 valence electrons. The third-order valence-corrected chi connectivity index (χ3v) is 4.62. The van der Waals surface area contributed by atoms with Gasteiger partial charge in [-0.3, -0.25) is 4.79 Å². The van der Waals surface area contributed by atoms with Gasteiger partial charge in [-0.25, -0.2) is 0 Å². The predicted molar refractivity (Wildman–Crippen MR) is 88.3 cm³/mol. The molecule has 2 N–H and O–H groups in total. The first-order chi connectivity index (χ1) is 10.1. The average Bonchev–Trinajstić information content (AvgIpc) is 3.17. The highest BCUT2D eigenvalue weighted by atomic mass is 35.5. The fourth-order valence-corrected chi connectivity index (χ4v) is 3.11. The first-order valence-corrected chi connectivity index (χ1v) is 8.29. The van der Waals surface area contributed by atoms with Crippen LogP contribution in [-0.2, 0) is 0 Å². The van der Waals surface area contributed by atoms with E-state index in [2.05, 4.69) is 17.6 Å². The molecule has 1 atom stereocenters. The third kappa shape index (κ3) is 3.77. The van der Waals surface area contributed by atoms with Gasteiger partial charge in [-0.15, -0.1) is 11.3 Å². The van der Waals surface area contributed by atoms with Crippen molar-refractivity contribution in [1.82, 2.24) is 5.32 Å². The Hall–Kier alpha value is -1.52. The number of nitrogens with one attached hydrogen (secondary N) is 2. The maximum Gasteiger partial charge on any atom is 0.251 e. The van der Waals surface area contributed by atoms with Crippen LogP contribution in [0.2, 0.25) is 4.34 Å². The fourth-order valence-electron chi connectivity index (χ4n) is 2.13. The minimum atomic E-state index is 0.00683. The van der Waals surface area contributed by atoms with Crippen molar-refractivity contribution in [2.24, 2.45) is 0 Å². The van der Waals surface area contributed by atoms with Crippen LogP contribution in [0.15, 0.2) is 35.7 Å². The molecule has 2 aromatic rings. The van der Waals surface area contributed by atoms with Crippen LogP contribution in [0, 0.1) is 0 Å². The number of anilines is 1. The molecule has 1 saturated carbocycles. The molecular formula is C16H17ClN2OS. The molecule has 1 fully saturated rings. The predicted octanol–water partition coefficient (Wildman–Crippen LogP) is 4.47. The maximum absolute atomic E-state index is 12.1. The molecule has 1 aromatic carbocycles. The summed E-state index contributed by atoms with van der Waals surface area (Å²) in [7, 11) is 0. The zero-order valence-electron chi connectivity index (χ0n) is 11.7. The molecule has 0 saturated heterocycles. The second-order valence-electron chi connectivity index (χ2n) is 5.38. The smallest absolute Gasteiger partial charge is 0.251 e. The molecule has 5 heteroatoms. The first-order valence-electron chi connectivity index (χ1n) is 7.03. The van der Waals surface area contributed by atoms with Crippen molar-refractivity contribution in [3.8, 4) is 0 Å². The van der Waals surface area contributed by atoms with Gasteiger partial charge in [0.2, 0.25) is 0 Å². The summed E-state index contributed by atoms with van der Waals surface area (Å²) in [6.07, 6.45) is 2.19. The fraction of sp³-hybridized carbons (Fsp3) is 0.312. The molecule has 3 rings (SSSR count). The zero-order chi connectivity index (χ0) is 14.8. The van der Waals surface area contributed by atoms with E-state index >= 15 is 0 Å². The highest BCUT2D eigenvalue weighted by molar-refractivity contribution is 7.14. The summed E-state index contributed by atoms with van der Waals surface area (Å²) >= 11 is 7.49. The van der Waals surface area contributed by atoms with Crippen LogP contribution in [0.5, 0.6) is 0 Å². The van der Waals surface area contributed by atoms with Gasteiger partial charge in [-0.1, -0.05) is 17.7 Å². The average molecular weight is 321 g/mol. The van der Waals surface area contributed by atoms with Gasteiger partial charge in [0, 0.05) is 23.3 Å². The first kappa shape index (κ1) is 14.4. The lowest BCUT2D eigenvalue weighted by Crippen LogP contribution is -2.25. The Labute approximate surface area is 133 Å². The summed E-state index contributed by atoms with van der Waals surface area (Å²) in [5.41, 5.74) is 2.79. The standard InChI is InChI=1S/C16H17ClN2OS/c1-10(12-8-15(17)21-9-12)18-14-4-2-3-11(7-14)16(20)19-13-5-6-13/h2-4,7-10,13,18H,5-6H2,1H3,(H,19,20). The zero-order valence-corrected chi connectivity index (χ0v) is 13.3. The van der Waals surface area contributed by atoms with Crippen LogP contribution in [0.3, 0.4) is 0 Å². The van der Waals surface area contributed by atoms with Gasteiger partial charge in [-0.2, -0.15) is 0 Å². The number of carbonyl (C=O) groups is 1. The van der Waals surface area contributed by atoms with Gasteiger partial charge in [0.15, 0.2) is 0 Å². The molecule has 0 radical (unpaired) electrons. The summed E-state index contributed by atoms with van der Waals surface area (Å²) < 4.78 is 0.788. The van der Waals surface area contributed by atoms with Gasteiger partial charge in [-0.05, 0) is 55.0 Å². The molecule has 1 heterocycles. The van der Waals surface area contributed by atoms with Crippen molar-refractivity contribution in [2.45, 2.75) is 31.8 Å². The maximum atomic E-state index is 12.1. The summed E-state index contributed by atoms with van der Waals surface area (Å²) in [4.78, 5) is 12.1. The van der Waals surface area contributed by atoms with Crippen molar-refractivity contribution < 1.29 is 4.79 Å². The quantitative estimate of drug-likeness (QED) is 0.853. The van der Waals surface area contributed by atoms with Gasteiger partial charge >= 0.3 is 0 Å². The number of benzene rings is 1. The van der Waals surface area contributed by atoms with Crippen LogP contribution >= 0.6 is 22.9 Å². The van der Waals surface area contributed by atoms with Crippen molar-refractivity contribution in [2.75, 3.05) is 5.32 Å². The Morgan fingerprint density at radius 2 is 2.19 bits per heavy atom. The molecular weight excluding hydrogens is 304 g/mol. The molecule has 1 aromatic heterocycles. The minimum absolute atomic E-state index is 0.00683. The molecule has 0 bridgehead atoms. The summed E-state index contributed by atoms with van der Waals surface area (Å²) in [5, 5.41) is 8.45. The van der Waals surface area contributed by atoms with E-state index < -0.39 is 0 Å². The van der Waals surface area contributed by atoms with E-state index in [1.54, 1.807) is 0 Å². The Morgan fingerprint density at radius 1 is 1.38 bits per heavy atom. The summed E-state index contributed by atoms with van der Waals surface area (Å²) in [6, 6.07) is 10.1. The van der Waals surface area contributed by atoms with Gasteiger partial charge in [0.25, 0.3) is 5.91 Å². The molecule has 0 aliphatic heterocycles. The minimum Gasteiger partial charge on any atom is -0.378 e. The normalized spacial score (nSPS) is 15.5. The summed E-state index contributed by atoms with van der Waals surface area (Å²) in [6.45, 7) is 2.08. The topological polar surface area (TPSA) is 41.1 Å². The Kier molecular flexibility index (Phi) is 4.17. The number of thiophene rings is 1. The lowest BCUT2D eigenvalue weighted by atomic mass is 10.1. The van der Waals surface area contributed by atoms with E-state index in [-0.39, 0.29) is 11.9 Å². The van der Waals surface area contributed by atoms with E-state index in [4.69, 9.17) is 11.6 Å². The lowest BCUT2D eigenvalue weighted by molar-refractivity contribution is 0.0951. The monoisotopic (exact) mass is 320 g/mol. The Morgan fingerprint density at radius 3 is 2.86 bits per heavy atom.